The summed E-state index contributed by atoms with van der Waals surface area (Å²) in [7, 11) is 0. The van der Waals surface area contributed by atoms with Crippen LogP contribution in [0.3, 0.4) is 0 Å². The number of nitro groups is 1. The highest BCUT2D eigenvalue weighted by Gasteiger charge is 2.26. The molecule has 0 saturated heterocycles. The lowest BCUT2D eigenvalue weighted by molar-refractivity contribution is -0.386. The number of alkyl halides is 1. The Morgan fingerprint density at radius 1 is 1.69 bits per heavy atom. The van der Waals surface area contributed by atoms with E-state index in [0.717, 1.165) is 6.42 Å². The second-order valence-corrected chi connectivity index (χ2v) is 5.11. The Kier molecular flexibility index (Phi) is 4.68. The van der Waals surface area contributed by atoms with Crippen LogP contribution in [0.5, 0.6) is 0 Å². The number of halogens is 2. The Morgan fingerprint density at radius 2 is 2.31 bits per heavy atom. The van der Waals surface area contributed by atoms with Crippen LogP contribution in [0.4, 0.5) is 5.69 Å². The molecule has 0 aliphatic rings. The average Bonchev–Trinajstić information content (AvgIpc) is 2.20. The molecule has 88 valence electrons. The van der Waals surface area contributed by atoms with E-state index in [0.29, 0.717) is 10.2 Å². The molecule has 1 heterocycles. The van der Waals surface area contributed by atoms with Crippen molar-refractivity contribution < 1.29 is 4.92 Å². The lowest BCUT2D eigenvalue weighted by Crippen LogP contribution is -2.12. The van der Waals surface area contributed by atoms with Crippen molar-refractivity contribution in [2.75, 3.05) is 0 Å². The molecule has 0 radical (unpaired) electrons. The summed E-state index contributed by atoms with van der Waals surface area (Å²) in [4.78, 5) is 14.6. The molecule has 0 aliphatic carbocycles. The molecule has 6 heteroatoms. The van der Waals surface area contributed by atoms with Crippen LogP contribution in [0, 0.1) is 10.1 Å². The molecular weight excluding hydrogens is 295 g/mol. The maximum Gasteiger partial charge on any atom is 0.292 e. The largest absolute Gasteiger partial charge is 0.292 e. The maximum absolute atomic E-state index is 10.9. The van der Waals surface area contributed by atoms with Crippen molar-refractivity contribution in [3.63, 3.8) is 0 Å². The van der Waals surface area contributed by atoms with Crippen LogP contribution in [0.1, 0.15) is 31.9 Å². The molecule has 0 fully saturated rings. The van der Waals surface area contributed by atoms with E-state index in [1.54, 1.807) is 6.20 Å². The van der Waals surface area contributed by atoms with Crippen molar-refractivity contribution in [3.8, 4) is 0 Å². The van der Waals surface area contributed by atoms with Crippen LogP contribution in [0.15, 0.2) is 16.7 Å². The van der Waals surface area contributed by atoms with E-state index in [4.69, 9.17) is 11.6 Å². The summed E-state index contributed by atoms with van der Waals surface area (Å²) in [6.45, 7) is 3.76. The second-order valence-electron chi connectivity index (χ2n) is 3.51. The summed E-state index contributed by atoms with van der Waals surface area (Å²) in [5.41, 5.74) is 0.479. The fourth-order valence-electron chi connectivity index (χ4n) is 1.61. The van der Waals surface area contributed by atoms with E-state index < -0.39 is 4.92 Å². The minimum atomic E-state index is -0.422. The monoisotopic (exact) mass is 306 g/mol. The highest BCUT2D eigenvalue weighted by Crippen LogP contribution is 2.33. The molecule has 2 unspecified atom stereocenters. The molecule has 16 heavy (non-hydrogen) atoms. The van der Waals surface area contributed by atoms with Gasteiger partial charge in [-0.1, -0.05) is 6.92 Å². The summed E-state index contributed by atoms with van der Waals surface area (Å²) >= 11 is 9.19. The van der Waals surface area contributed by atoms with Gasteiger partial charge in [-0.15, -0.1) is 11.6 Å². The van der Waals surface area contributed by atoms with Crippen molar-refractivity contribution in [3.05, 3.63) is 32.5 Å². The average molecular weight is 308 g/mol. The molecule has 0 saturated carbocycles. The van der Waals surface area contributed by atoms with Gasteiger partial charge in [0.05, 0.1) is 4.92 Å². The minimum Gasteiger partial charge on any atom is -0.258 e. The van der Waals surface area contributed by atoms with Crippen LogP contribution in [-0.2, 0) is 0 Å². The number of pyridine rings is 1. The van der Waals surface area contributed by atoms with E-state index in [2.05, 4.69) is 20.9 Å². The summed E-state index contributed by atoms with van der Waals surface area (Å²) in [5.74, 6) is -0.102. The van der Waals surface area contributed by atoms with Gasteiger partial charge in [0.15, 0.2) is 0 Å². The van der Waals surface area contributed by atoms with E-state index in [9.17, 15) is 10.1 Å². The molecule has 1 aromatic rings. The third-order valence-corrected chi connectivity index (χ3v) is 3.14. The van der Waals surface area contributed by atoms with Gasteiger partial charge in [0.2, 0.25) is 0 Å². The van der Waals surface area contributed by atoms with Crippen molar-refractivity contribution in [2.45, 2.75) is 31.6 Å². The number of nitrogens with zero attached hydrogens (tertiary/aromatic N) is 2. The third kappa shape index (κ3) is 2.92. The number of aromatic nitrogens is 1. The van der Waals surface area contributed by atoms with Gasteiger partial charge < -0.3 is 0 Å². The molecule has 0 bridgehead atoms. The molecular formula is C10H12BrClN2O2. The van der Waals surface area contributed by atoms with Gasteiger partial charge in [-0.2, -0.15) is 0 Å². The topological polar surface area (TPSA) is 56.0 Å². The Balaban J connectivity index is 3.26. The predicted octanol–water partition coefficient (Wildman–Crippen LogP) is 3.87. The SMILES string of the molecule is CCC(c1ncc(Br)cc1[N+](=O)[O-])C(C)Cl. The highest BCUT2D eigenvalue weighted by atomic mass is 79.9. The standard InChI is InChI=1S/C10H12BrClN2O2/c1-3-8(6(2)12)10-9(14(15)16)4-7(11)5-13-10/h4-6,8H,3H2,1-2H3. The van der Waals surface area contributed by atoms with E-state index in [1.807, 2.05) is 13.8 Å². The van der Waals surface area contributed by atoms with Crippen molar-refractivity contribution >= 4 is 33.2 Å². The van der Waals surface area contributed by atoms with Crippen LogP contribution in [-0.4, -0.2) is 15.3 Å². The molecule has 0 amide bonds. The van der Waals surface area contributed by atoms with Crippen LogP contribution in [0.25, 0.3) is 0 Å². The summed E-state index contributed by atoms with van der Waals surface area (Å²) in [5, 5.41) is 10.7. The van der Waals surface area contributed by atoms with Gasteiger partial charge in [0, 0.05) is 28.0 Å². The number of hydrogen-bond donors (Lipinski definition) is 0. The molecule has 4 nitrogen and oxygen atoms in total. The highest BCUT2D eigenvalue weighted by molar-refractivity contribution is 9.10. The van der Waals surface area contributed by atoms with Gasteiger partial charge >= 0.3 is 0 Å². The van der Waals surface area contributed by atoms with E-state index >= 15 is 0 Å². The normalized spacial score (nSPS) is 14.5. The smallest absolute Gasteiger partial charge is 0.258 e. The zero-order chi connectivity index (χ0) is 12.3. The fraction of sp³-hybridized carbons (Fsp3) is 0.500. The quantitative estimate of drug-likeness (QED) is 0.482. The Labute approximate surface area is 107 Å². The zero-order valence-electron chi connectivity index (χ0n) is 8.98. The molecule has 0 aliphatic heterocycles. The number of hydrogen-bond acceptors (Lipinski definition) is 3. The fourth-order valence-corrected chi connectivity index (χ4v) is 2.22. The first-order valence-electron chi connectivity index (χ1n) is 4.91. The minimum absolute atomic E-state index is 0.0220. The molecule has 1 rings (SSSR count). The summed E-state index contributed by atoms with van der Waals surface area (Å²) < 4.78 is 0.597. The van der Waals surface area contributed by atoms with E-state index in [-0.39, 0.29) is 17.0 Å². The van der Waals surface area contributed by atoms with Gasteiger partial charge in [-0.05, 0) is 29.3 Å². The summed E-state index contributed by atoms with van der Waals surface area (Å²) in [6, 6.07) is 1.46. The molecule has 2 atom stereocenters. The van der Waals surface area contributed by atoms with Crippen LogP contribution >= 0.6 is 27.5 Å². The van der Waals surface area contributed by atoms with Gasteiger partial charge in [0.25, 0.3) is 5.69 Å². The van der Waals surface area contributed by atoms with Crippen LogP contribution < -0.4 is 0 Å². The first-order chi connectivity index (χ1) is 7.47. The Hall–Kier alpha value is -0.680. The van der Waals surface area contributed by atoms with Crippen molar-refractivity contribution in [1.82, 2.24) is 4.98 Å². The van der Waals surface area contributed by atoms with Gasteiger partial charge in [-0.3, -0.25) is 15.1 Å². The predicted molar refractivity (Wildman–Crippen MR) is 66.9 cm³/mol. The number of rotatable bonds is 4. The third-order valence-electron chi connectivity index (χ3n) is 2.41. The lowest BCUT2D eigenvalue weighted by atomic mass is 9.97. The maximum atomic E-state index is 10.9. The Morgan fingerprint density at radius 3 is 2.75 bits per heavy atom. The first kappa shape index (κ1) is 13.4. The molecule has 1 aromatic heterocycles. The van der Waals surface area contributed by atoms with Crippen molar-refractivity contribution in [1.29, 1.82) is 0 Å². The second kappa shape index (κ2) is 5.59. The van der Waals surface area contributed by atoms with Gasteiger partial charge in [0.1, 0.15) is 5.69 Å². The molecule has 0 N–H and O–H groups in total. The lowest BCUT2D eigenvalue weighted by Gasteiger charge is -2.16. The first-order valence-corrected chi connectivity index (χ1v) is 6.14. The molecule has 0 aromatic carbocycles. The van der Waals surface area contributed by atoms with Crippen LogP contribution in [0.2, 0.25) is 0 Å². The Bertz CT molecular complexity index is 398. The summed E-state index contributed by atoms with van der Waals surface area (Å²) in [6.07, 6.45) is 2.28. The van der Waals surface area contributed by atoms with Gasteiger partial charge in [-0.25, -0.2) is 0 Å². The molecule has 0 spiro atoms. The van der Waals surface area contributed by atoms with E-state index in [1.165, 1.54) is 6.07 Å². The zero-order valence-corrected chi connectivity index (χ0v) is 11.3. The van der Waals surface area contributed by atoms with Crippen molar-refractivity contribution in [2.24, 2.45) is 0 Å².